The fraction of sp³-hybridized carbons (Fsp3) is 0.769. The van der Waals surface area contributed by atoms with E-state index in [9.17, 15) is 19.2 Å². The maximum atomic E-state index is 12.3. The Labute approximate surface area is 198 Å². The summed E-state index contributed by atoms with van der Waals surface area (Å²) in [5, 5.41) is 0. The van der Waals surface area contributed by atoms with Gasteiger partial charge in [0.1, 0.15) is 12.2 Å². The molecule has 0 aromatic carbocycles. The van der Waals surface area contributed by atoms with E-state index in [2.05, 4.69) is 6.92 Å². The molecule has 1 saturated carbocycles. The van der Waals surface area contributed by atoms with E-state index >= 15 is 0 Å². The number of carbonyl (C=O) groups excluding carboxylic acids is 4. The summed E-state index contributed by atoms with van der Waals surface area (Å²) in [7, 11) is 0. The summed E-state index contributed by atoms with van der Waals surface area (Å²) in [5.74, 6) is -1.04. The van der Waals surface area contributed by atoms with Crippen LogP contribution in [0.15, 0.2) is 12.2 Å². The maximum Gasteiger partial charge on any atom is 0.305 e. The van der Waals surface area contributed by atoms with E-state index in [4.69, 9.17) is 14.2 Å². The Morgan fingerprint density at radius 3 is 2.09 bits per heavy atom. The van der Waals surface area contributed by atoms with Crippen LogP contribution in [0.4, 0.5) is 0 Å². The van der Waals surface area contributed by atoms with Crippen molar-refractivity contribution in [1.29, 1.82) is 0 Å². The lowest BCUT2D eigenvalue weighted by atomic mass is 9.87. The topological polar surface area (TPSA) is 96.0 Å². The number of rotatable bonds is 16. The van der Waals surface area contributed by atoms with Crippen LogP contribution >= 0.6 is 0 Å². The van der Waals surface area contributed by atoms with Crippen LogP contribution in [0, 0.1) is 11.8 Å². The van der Waals surface area contributed by atoms with Gasteiger partial charge in [-0.1, -0.05) is 45.1 Å². The molecule has 188 valence electrons. The van der Waals surface area contributed by atoms with Crippen LogP contribution in [0.5, 0.6) is 0 Å². The highest BCUT2D eigenvalue weighted by Crippen LogP contribution is 2.40. The summed E-state index contributed by atoms with van der Waals surface area (Å²) in [6.45, 7) is 7.05. The third-order valence-electron chi connectivity index (χ3n) is 6.01. The third-order valence-corrected chi connectivity index (χ3v) is 6.01. The van der Waals surface area contributed by atoms with Crippen molar-refractivity contribution in [3.05, 3.63) is 12.2 Å². The van der Waals surface area contributed by atoms with Crippen LogP contribution in [-0.2, 0) is 33.4 Å². The van der Waals surface area contributed by atoms with Crippen LogP contribution in [0.2, 0.25) is 0 Å². The van der Waals surface area contributed by atoms with Gasteiger partial charge < -0.3 is 14.2 Å². The van der Waals surface area contributed by atoms with E-state index in [0.29, 0.717) is 25.9 Å². The molecule has 0 amide bonds. The van der Waals surface area contributed by atoms with Crippen LogP contribution in [0.3, 0.4) is 0 Å². The standard InChI is InChI=1S/C26H42O7/c1-5-7-10-13-21(29)16-17-23-22(14-11-8-9-12-15-26(30)31-6-2)24(32-19(3)27)18-25(23)33-20(4)28/h16-17,22-25H,5-15,18H2,1-4H3. The first-order valence-electron chi connectivity index (χ1n) is 12.5. The molecule has 0 N–H and O–H groups in total. The lowest BCUT2D eigenvalue weighted by Crippen LogP contribution is -2.25. The van der Waals surface area contributed by atoms with E-state index in [-0.39, 0.29) is 41.6 Å². The van der Waals surface area contributed by atoms with E-state index in [0.717, 1.165) is 51.4 Å². The predicted octanol–water partition coefficient (Wildman–Crippen LogP) is 5.10. The van der Waals surface area contributed by atoms with Gasteiger partial charge in [0, 0.05) is 44.9 Å². The number of allylic oxidation sites excluding steroid dienone is 1. The summed E-state index contributed by atoms with van der Waals surface area (Å²) >= 11 is 0. The molecule has 0 radical (unpaired) electrons. The second-order valence-electron chi connectivity index (χ2n) is 8.81. The fourth-order valence-electron chi connectivity index (χ4n) is 4.51. The van der Waals surface area contributed by atoms with Crippen LogP contribution in [0.25, 0.3) is 0 Å². The van der Waals surface area contributed by atoms with Gasteiger partial charge in [-0.05, 0) is 32.3 Å². The van der Waals surface area contributed by atoms with E-state index < -0.39 is 6.10 Å². The van der Waals surface area contributed by atoms with Crippen molar-refractivity contribution >= 4 is 23.7 Å². The van der Waals surface area contributed by atoms with E-state index in [1.54, 1.807) is 13.0 Å². The van der Waals surface area contributed by atoms with Crippen molar-refractivity contribution in [2.24, 2.45) is 11.8 Å². The Morgan fingerprint density at radius 1 is 0.818 bits per heavy atom. The lowest BCUT2D eigenvalue weighted by Gasteiger charge is -2.24. The van der Waals surface area contributed by atoms with E-state index in [1.165, 1.54) is 13.8 Å². The molecule has 0 aromatic rings. The smallest absolute Gasteiger partial charge is 0.305 e. The highest BCUT2D eigenvalue weighted by atomic mass is 16.6. The number of hydrogen-bond donors (Lipinski definition) is 0. The highest BCUT2D eigenvalue weighted by Gasteiger charge is 2.45. The molecule has 4 unspecified atom stereocenters. The Hall–Kier alpha value is -2.18. The fourth-order valence-corrected chi connectivity index (χ4v) is 4.51. The van der Waals surface area contributed by atoms with Crippen LogP contribution in [0.1, 0.15) is 98.3 Å². The molecule has 1 fully saturated rings. The number of ketones is 1. The SMILES string of the molecule is CCCCCC(=O)C=CC1C(OC(C)=O)CC(OC(C)=O)C1CCCCCCC(=O)OCC. The number of hydrogen-bond acceptors (Lipinski definition) is 7. The Kier molecular flexibility index (Phi) is 14.4. The molecule has 7 heteroatoms. The van der Waals surface area contributed by atoms with Gasteiger partial charge >= 0.3 is 17.9 Å². The monoisotopic (exact) mass is 466 g/mol. The molecule has 0 aromatic heterocycles. The molecule has 0 spiro atoms. The Bertz CT molecular complexity index is 655. The largest absolute Gasteiger partial charge is 0.466 e. The van der Waals surface area contributed by atoms with Gasteiger partial charge in [-0.25, -0.2) is 0 Å². The molecule has 0 heterocycles. The van der Waals surface area contributed by atoms with Crippen molar-refractivity contribution in [3.8, 4) is 0 Å². The lowest BCUT2D eigenvalue weighted by molar-refractivity contribution is -0.149. The van der Waals surface area contributed by atoms with Gasteiger partial charge in [-0.15, -0.1) is 0 Å². The third kappa shape index (κ3) is 12.0. The molecule has 1 aliphatic carbocycles. The first kappa shape index (κ1) is 28.9. The van der Waals surface area contributed by atoms with Crippen LogP contribution in [-0.4, -0.2) is 42.5 Å². The predicted molar refractivity (Wildman–Crippen MR) is 125 cm³/mol. The number of ether oxygens (including phenoxy) is 3. The molecule has 4 atom stereocenters. The summed E-state index contributed by atoms with van der Waals surface area (Å²) in [6, 6.07) is 0. The van der Waals surface area contributed by atoms with Gasteiger partial charge in [-0.2, -0.15) is 0 Å². The van der Waals surface area contributed by atoms with E-state index in [1.807, 2.05) is 6.08 Å². The van der Waals surface area contributed by atoms with Gasteiger partial charge in [0.2, 0.25) is 0 Å². The average molecular weight is 467 g/mol. The molecular weight excluding hydrogens is 424 g/mol. The Balaban J connectivity index is 2.76. The van der Waals surface area contributed by atoms with Crippen molar-refractivity contribution in [2.45, 2.75) is 111 Å². The number of carbonyl (C=O) groups is 4. The minimum Gasteiger partial charge on any atom is -0.466 e. The molecule has 0 saturated heterocycles. The van der Waals surface area contributed by atoms with Crippen molar-refractivity contribution in [2.75, 3.05) is 6.61 Å². The summed E-state index contributed by atoms with van der Waals surface area (Å²) in [6.07, 6.45) is 11.3. The van der Waals surface area contributed by atoms with Gasteiger partial charge in [0.25, 0.3) is 0 Å². The molecule has 1 rings (SSSR count). The minimum atomic E-state index is -0.416. The zero-order valence-electron chi connectivity index (χ0n) is 20.8. The first-order chi connectivity index (χ1) is 15.8. The van der Waals surface area contributed by atoms with Crippen molar-refractivity contribution < 1.29 is 33.4 Å². The number of esters is 3. The summed E-state index contributed by atoms with van der Waals surface area (Å²) < 4.78 is 16.1. The number of unbranched alkanes of at least 4 members (excludes halogenated alkanes) is 5. The maximum absolute atomic E-state index is 12.3. The van der Waals surface area contributed by atoms with Gasteiger partial charge in [0.05, 0.1) is 6.61 Å². The normalized spacial score (nSPS) is 22.3. The Morgan fingerprint density at radius 2 is 1.45 bits per heavy atom. The van der Waals surface area contributed by atoms with Crippen LogP contribution < -0.4 is 0 Å². The van der Waals surface area contributed by atoms with Crippen molar-refractivity contribution in [3.63, 3.8) is 0 Å². The highest BCUT2D eigenvalue weighted by molar-refractivity contribution is 5.89. The first-order valence-corrected chi connectivity index (χ1v) is 12.5. The molecule has 33 heavy (non-hydrogen) atoms. The summed E-state index contributed by atoms with van der Waals surface area (Å²) in [5.41, 5.74) is 0. The van der Waals surface area contributed by atoms with Gasteiger partial charge in [0.15, 0.2) is 5.78 Å². The van der Waals surface area contributed by atoms with Crippen molar-refractivity contribution in [1.82, 2.24) is 0 Å². The quantitative estimate of drug-likeness (QED) is 0.135. The molecule has 0 bridgehead atoms. The molecule has 1 aliphatic rings. The second-order valence-corrected chi connectivity index (χ2v) is 8.81. The zero-order chi connectivity index (χ0) is 24.6. The molecular formula is C26H42O7. The molecule has 7 nitrogen and oxygen atoms in total. The van der Waals surface area contributed by atoms with Gasteiger partial charge in [-0.3, -0.25) is 19.2 Å². The second kappa shape index (κ2) is 16.4. The average Bonchev–Trinajstić information content (AvgIpc) is 3.03. The molecule has 0 aliphatic heterocycles. The zero-order valence-corrected chi connectivity index (χ0v) is 20.8. The summed E-state index contributed by atoms with van der Waals surface area (Å²) in [4.78, 5) is 47.1. The minimum absolute atomic E-state index is 0.0250.